The Bertz CT molecular complexity index is 705. The Balaban J connectivity index is 1.54. The number of hydrogen-bond donors (Lipinski definition) is 3. The molecular weight excluding hydrogens is 424 g/mol. The molecule has 9 heteroatoms. The van der Waals surface area contributed by atoms with E-state index in [1.165, 1.54) is 12.5 Å². The second kappa shape index (κ2) is 12.8. The van der Waals surface area contributed by atoms with Crippen molar-refractivity contribution in [2.45, 2.75) is 82.5 Å². The van der Waals surface area contributed by atoms with Gasteiger partial charge in [0, 0.05) is 13.1 Å². The van der Waals surface area contributed by atoms with Crippen molar-refractivity contribution in [2.24, 2.45) is 11.8 Å². The van der Waals surface area contributed by atoms with Crippen molar-refractivity contribution in [1.82, 2.24) is 20.9 Å². The fourth-order valence-electron chi connectivity index (χ4n) is 4.92. The van der Waals surface area contributed by atoms with Gasteiger partial charge in [-0.3, -0.25) is 24.5 Å². The maximum absolute atomic E-state index is 13.3. The lowest BCUT2D eigenvalue weighted by Crippen LogP contribution is -2.53. The van der Waals surface area contributed by atoms with Crippen LogP contribution >= 0.6 is 0 Å². The summed E-state index contributed by atoms with van der Waals surface area (Å²) in [5.74, 6) is -0.606. The Hall–Kier alpha value is -2.26. The van der Waals surface area contributed by atoms with Crippen LogP contribution in [-0.4, -0.2) is 67.0 Å². The number of amides is 3. The highest BCUT2D eigenvalue weighted by Gasteiger charge is 2.38. The van der Waals surface area contributed by atoms with Gasteiger partial charge in [0.25, 0.3) is 5.91 Å². The van der Waals surface area contributed by atoms with E-state index in [2.05, 4.69) is 22.5 Å². The standard InChI is InChI=1S/C24H38N4O5/c1-2-12-25-23(31)22(30)19(14-17-10-11-17)27-16-33-20-9-6-13-28(20)24(32)21(26-15-29)18-7-4-3-5-8-18/h2,15,17-21,27H,1,3-14,16H2,(H,25,31)(H,26,29)/t19?,20?,21-/m0/s1. The maximum Gasteiger partial charge on any atom is 0.289 e. The molecule has 2 aliphatic carbocycles. The van der Waals surface area contributed by atoms with Crippen molar-refractivity contribution in [3.63, 3.8) is 0 Å². The molecule has 0 aromatic rings. The van der Waals surface area contributed by atoms with Crippen LogP contribution in [0.5, 0.6) is 0 Å². The Morgan fingerprint density at radius 3 is 2.48 bits per heavy atom. The second-order valence-corrected chi connectivity index (χ2v) is 9.40. The molecule has 0 radical (unpaired) electrons. The van der Waals surface area contributed by atoms with Crippen LogP contribution in [0.3, 0.4) is 0 Å². The van der Waals surface area contributed by atoms with Crippen molar-refractivity contribution in [2.75, 3.05) is 19.8 Å². The number of carbonyl (C=O) groups is 4. The number of hydrogen-bond acceptors (Lipinski definition) is 6. The number of likely N-dealkylation sites (tertiary alicyclic amines) is 1. The topological polar surface area (TPSA) is 117 Å². The van der Waals surface area contributed by atoms with Gasteiger partial charge in [-0.15, -0.1) is 6.58 Å². The molecule has 0 aromatic heterocycles. The molecule has 0 aromatic carbocycles. The molecule has 2 saturated carbocycles. The lowest BCUT2D eigenvalue weighted by molar-refractivity contribution is -0.148. The first-order valence-corrected chi connectivity index (χ1v) is 12.3. The summed E-state index contributed by atoms with van der Waals surface area (Å²) < 4.78 is 5.97. The van der Waals surface area contributed by atoms with E-state index >= 15 is 0 Å². The van der Waals surface area contributed by atoms with E-state index in [0.29, 0.717) is 31.7 Å². The number of nitrogens with zero attached hydrogens (tertiary/aromatic N) is 1. The van der Waals surface area contributed by atoms with Gasteiger partial charge in [0.2, 0.25) is 18.1 Å². The van der Waals surface area contributed by atoms with E-state index < -0.39 is 30.0 Å². The van der Waals surface area contributed by atoms with Crippen molar-refractivity contribution >= 4 is 24.0 Å². The van der Waals surface area contributed by atoms with Crippen LogP contribution in [0.2, 0.25) is 0 Å². The largest absolute Gasteiger partial charge is 0.347 e. The zero-order chi connectivity index (χ0) is 23.6. The third kappa shape index (κ3) is 7.37. The van der Waals surface area contributed by atoms with Crippen LogP contribution in [0, 0.1) is 11.8 Å². The smallest absolute Gasteiger partial charge is 0.289 e. The van der Waals surface area contributed by atoms with E-state index in [1.807, 2.05) is 0 Å². The third-order valence-electron chi connectivity index (χ3n) is 6.93. The van der Waals surface area contributed by atoms with Crippen LogP contribution in [0.15, 0.2) is 12.7 Å². The highest BCUT2D eigenvalue weighted by molar-refractivity contribution is 6.38. The van der Waals surface area contributed by atoms with Gasteiger partial charge in [-0.1, -0.05) is 38.2 Å². The molecule has 3 amide bonds. The number of rotatable bonds is 14. The van der Waals surface area contributed by atoms with Gasteiger partial charge in [0.1, 0.15) is 12.3 Å². The molecule has 1 saturated heterocycles. The van der Waals surface area contributed by atoms with E-state index in [1.54, 1.807) is 4.90 Å². The monoisotopic (exact) mass is 462 g/mol. The summed E-state index contributed by atoms with van der Waals surface area (Å²) in [7, 11) is 0. The van der Waals surface area contributed by atoms with Crippen LogP contribution < -0.4 is 16.0 Å². The zero-order valence-electron chi connectivity index (χ0n) is 19.4. The Morgan fingerprint density at radius 1 is 1.06 bits per heavy atom. The van der Waals surface area contributed by atoms with E-state index in [-0.39, 0.29) is 25.1 Å². The minimum atomic E-state index is -0.624. The van der Waals surface area contributed by atoms with Crippen LogP contribution in [0.25, 0.3) is 0 Å². The summed E-state index contributed by atoms with van der Waals surface area (Å²) in [6, 6.07) is -1.13. The van der Waals surface area contributed by atoms with Gasteiger partial charge in [-0.25, -0.2) is 0 Å². The molecule has 3 rings (SSSR count). The summed E-state index contributed by atoms with van der Waals surface area (Å²) in [5, 5.41) is 8.38. The molecule has 0 spiro atoms. The van der Waals surface area contributed by atoms with E-state index in [9.17, 15) is 19.2 Å². The minimum Gasteiger partial charge on any atom is -0.347 e. The molecule has 184 valence electrons. The van der Waals surface area contributed by atoms with Crippen molar-refractivity contribution in [3.05, 3.63) is 12.7 Å². The van der Waals surface area contributed by atoms with E-state index in [4.69, 9.17) is 4.74 Å². The number of carbonyl (C=O) groups excluding carboxylic acids is 4. The predicted octanol–water partition coefficient (Wildman–Crippen LogP) is 1.23. The number of Topliss-reactive ketones (excluding diaryl/α,β-unsaturated/α-hetero) is 1. The first kappa shape index (κ1) is 25.4. The van der Waals surface area contributed by atoms with Gasteiger partial charge >= 0.3 is 0 Å². The second-order valence-electron chi connectivity index (χ2n) is 9.40. The lowest BCUT2D eigenvalue weighted by Gasteiger charge is -2.34. The average molecular weight is 463 g/mol. The van der Waals surface area contributed by atoms with Crippen molar-refractivity contribution < 1.29 is 23.9 Å². The van der Waals surface area contributed by atoms with Gasteiger partial charge in [-0.2, -0.15) is 0 Å². The molecule has 3 N–H and O–H groups in total. The van der Waals surface area contributed by atoms with Crippen LogP contribution in [0.4, 0.5) is 0 Å². The van der Waals surface area contributed by atoms with Crippen molar-refractivity contribution in [1.29, 1.82) is 0 Å². The molecule has 3 atom stereocenters. The van der Waals surface area contributed by atoms with Crippen LogP contribution in [0.1, 0.15) is 64.2 Å². The molecule has 3 aliphatic rings. The molecule has 0 bridgehead atoms. The summed E-state index contributed by atoms with van der Waals surface area (Å²) in [4.78, 5) is 50.9. The normalized spacial score (nSPS) is 22.9. The molecule has 2 unspecified atom stereocenters. The quantitative estimate of drug-likeness (QED) is 0.155. The zero-order valence-corrected chi connectivity index (χ0v) is 19.4. The third-order valence-corrected chi connectivity index (χ3v) is 6.93. The van der Waals surface area contributed by atoms with Gasteiger partial charge < -0.3 is 20.3 Å². The Kier molecular flexibility index (Phi) is 9.87. The lowest BCUT2D eigenvalue weighted by atomic mass is 9.83. The maximum atomic E-state index is 13.3. The van der Waals surface area contributed by atoms with Gasteiger partial charge in [-0.05, 0) is 43.9 Å². The summed E-state index contributed by atoms with van der Waals surface area (Å²) in [6.07, 6.45) is 11.2. The summed E-state index contributed by atoms with van der Waals surface area (Å²) in [6.45, 7) is 4.45. The number of ketones is 1. The van der Waals surface area contributed by atoms with Gasteiger partial charge in [0.05, 0.1) is 12.8 Å². The molecule has 1 aliphatic heterocycles. The predicted molar refractivity (Wildman–Crippen MR) is 123 cm³/mol. The highest BCUT2D eigenvalue weighted by Crippen LogP contribution is 2.34. The fraction of sp³-hybridized carbons (Fsp3) is 0.750. The summed E-state index contributed by atoms with van der Waals surface area (Å²) in [5.41, 5.74) is 0. The summed E-state index contributed by atoms with van der Waals surface area (Å²) >= 11 is 0. The van der Waals surface area contributed by atoms with Crippen LogP contribution in [-0.2, 0) is 23.9 Å². The first-order chi connectivity index (χ1) is 16.0. The van der Waals surface area contributed by atoms with Crippen molar-refractivity contribution in [3.8, 4) is 0 Å². The Labute approximate surface area is 196 Å². The van der Waals surface area contributed by atoms with Gasteiger partial charge in [0.15, 0.2) is 0 Å². The van der Waals surface area contributed by atoms with E-state index in [0.717, 1.165) is 44.9 Å². The highest BCUT2D eigenvalue weighted by atomic mass is 16.5. The Morgan fingerprint density at radius 2 is 1.82 bits per heavy atom. The number of ether oxygens (including phenoxy) is 1. The molecule has 3 fully saturated rings. The SMILES string of the molecule is C=CCNC(=O)C(=O)C(CC1CC1)NCOC1CCCN1C(=O)[C@@H](NC=O)C1CCCCC1. The molecule has 9 nitrogen and oxygen atoms in total. The molecular formula is C24H38N4O5. The average Bonchev–Trinajstić information content (AvgIpc) is 3.54. The number of nitrogens with one attached hydrogen (secondary N) is 3. The first-order valence-electron chi connectivity index (χ1n) is 12.3. The molecule has 1 heterocycles. The molecule has 33 heavy (non-hydrogen) atoms. The fourth-order valence-corrected chi connectivity index (χ4v) is 4.92. The minimum absolute atomic E-state index is 0.0709.